The highest BCUT2D eigenvalue weighted by molar-refractivity contribution is 5.94. The van der Waals surface area contributed by atoms with Crippen molar-refractivity contribution in [3.05, 3.63) is 12.3 Å². The Labute approximate surface area is 125 Å². The number of amides is 1. The number of anilines is 1. The lowest BCUT2D eigenvalue weighted by Crippen LogP contribution is -2.43. The molecule has 1 aliphatic rings. The van der Waals surface area contributed by atoms with E-state index in [1.165, 1.54) is 0 Å². The fraction of sp³-hybridized carbons (Fsp3) is 0.692. The minimum Gasteiger partial charge on any atom is -0.385 e. The Morgan fingerprint density at radius 3 is 3.15 bits per heavy atom. The zero-order valence-electron chi connectivity index (χ0n) is 11.8. The molecule has 1 atom stereocenters. The summed E-state index contributed by atoms with van der Waals surface area (Å²) in [5.41, 5.74) is 0. The van der Waals surface area contributed by atoms with Crippen LogP contribution in [0.1, 0.15) is 25.7 Å². The van der Waals surface area contributed by atoms with Crippen molar-refractivity contribution in [3.63, 3.8) is 0 Å². The van der Waals surface area contributed by atoms with E-state index in [2.05, 4.69) is 15.7 Å². The molecule has 1 saturated heterocycles. The summed E-state index contributed by atoms with van der Waals surface area (Å²) < 4.78 is 6.82. The number of aryl methyl sites for hydroxylation is 1. The second-order valence-electron chi connectivity index (χ2n) is 4.80. The van der Waals surface area contributed by atoms with Gasteiger partial charge in [-0.1, -0.05) is 6.42 Å². The van der Waals surface area contributed by atoms with Crippen molar-refractivity contribution < 1.29 is 9.53 Å². The maximum Gasteiger partial charge on any atom is 0.242 e. The number of carbonyl (C=O) groups excluding carboxylic acids is 1. The summed E-state index contributed by atoms with van der Waals surface area (Å²) in [7, 11) is 1.69. The van der Waals surface area contributed by atoms with E-state index in [-0.39, 0.29) is 24.4 Å². The lowest BCUT2D eigenvalue weighted by molar-refractivity contribution is -0.118. The highest BCUT2D eigenvalue weighted by Crippen LogP contribution is 2.10. The van der Waals surface area contributed by atoms with Gasteiger partial charge in [0.25, 0.3) is 0 Å². The first-order valence-corrected chi connectivity index (χ1v) is 6.86. The third kappa shape index (κ3) is 5.11. The van der Waals surface area contributed by atoms with Crippen LogP contribution < -0.4 is 10.6 Å². The molecule has 0 aromatic carbocycles. The van der Waals surface area contributed by atoms with Crippen molar-refractivity contribution in [1.82, 2.24) is 15.1 Å². The quantitative estimate of drug-likeness (QED) is 0.780. The number of piperidine rings is 1. The summed E-state index contributed by atoms with van der Waals surface area (Å²) in [5, 5.41) is 10.4. The van der Waals surface area contributed by atoms with Crippen LogP contribution in [0.4, 0.5) is 5.82 Å². The number of nitrogens with one attached hydrogen (secondary N) is 2. The molecule has 1 fully saturated rings. The van der Waals surface area contributed by atoms with E-state index in [1.807, 2.05) is 16.9 Å². The minimum absolute atomic E-state index is 0. The molecule has 1 aromatic rings. The Hall–Kier alpha value is -1.11. The lowest BCUT2D eigenvalue weighted by atomic mass is 10.0. The monoisotopic (exact) mass is 302 g/mol. The average Bonchev–Trinajstić information content (AvgIpc) is 2.88. The van der Waals surface area contributed by atoms with Crippen molar-refractivity contribution >= 4 is 24.1 Å². The number of rotatable bonds is 6. The second-order valence-corrected chi connectivity index (χ2v) is 4.80. The van der Waals surface area contributed by atoms with Crippen LogP contribution in [0.5, 0.6) is 0 Å². The number of hydrogen-bond acceptors (Lipinski definition) is 4. The Balaban J connectivity index is 0.00000200. The van der Waals surface area contributed by atoms with Gasteiger partial charge in [0.2, 0.25) is 5.91 Å². The molecule has 1 aliphatic heterocycles. The van der Waals surface area contributed by atoms with Gasteiger partial charge in [-0.25, -0.2) is 0 Å². The largest absolute Gasteiger partial charge is 0.385 e. The number of carbonyl (C=O) groups is 1. The number of methoxy groups -OCH3 is 1. The molecule has 0 spiro atoms. The molecule has 7 heteroatoms. The van der Waals surface area contributed by atoms with Crippen molar-refractivity contribution in [2.24, 2.45) is 0 Å². The van der Waals surface area contributed by atoms with Crippen LogP contribution in [-0.2, 0) is 16.1 Å². The first-order chi connectivity index (χ1) is 9.29. The predicted octanol–water partition coefficient (Wildman–Crippen LogP) is 1.42. The third-order valence-corrected chi connectivity index (χ3v) is 3.25. The molecular formula is C13H23ClN4O2. The minimum atomic E-state index is -0.0765. The van der Waals surface area contributed by atoms with E-state index in [1.54, 1.807) is 7.11 Å². The van der Waals surface area contributed by atoms with E-state index in [0.717, 1.165) is 38.8 Å². The predicted molar refractivity (Wildman–Crippen MR) is 80.2 cm³/mol. The number of ether oxygens (including phenoxy) is 1. The highest BCUT2D eigenvalue weighted by atomic mass is 35.5. The molecule has 2 heterocycles. The zero-order valence-corrected chi connectivity index (χ0v) is 12.6. The number of aromatic nitrogens is 2. The van der Waals surface area contributed by atoms with Crippen molar-refractivity contribution in [2.75, 3.05) is 25.6 Å². The molecule has 0 radical (unpaired) electrons. The molecule has 2 rings (SSSR count). The molecule has 2 N–H and O–H groups in total. The smallest absolute Gasteiger partial charge is 0.242 e. The van der Waals surface area contributed by atoms with E-state index < -0.39 is 0 Å². The van der Waals surface area contributed by atoms with Gasteiger partial charge in [0.15, 0.2) is 5.82 Å². The fourth-order valence-electron chi connectivity index (χ4n) is 2.21. The van der Waals surface area contributed by atoms with Crippen LogP contribution in [0, 0.1) is 0 Å². The Morgan fingerprint density at radius 1 is 1.60 bits per heavy atom. The molecule has 0 saturated carbocycles. The van der Waals surface area contributed by atoms with Gasteiger partial charge < -0.3 is 15.4 Å². The Bertz CT molecular complexity index is 405. The molecule has 1 aromatic heterocycles. The maximum atomic E-state index is 12.0. The van der Waals surface area contributed by atoms with E-state index in [9.17, 15) is 4.79 Å². The van der Waals surface area contributed by atoms with Crippen LogP contribution in [0.2, 0.25) is 0 Å². The number of hydrogen-bond donors (Lipinski definition) is 2. The molecule has 6 nitrogen and oxygen atoms in total. The summed E-state index contributed by atoms with van der Waals surface area (Å²) in [6.45, 7) is 2.43. The number of halogens is 1. The molecule has 1 unspecified atom stereocenters. The van der Waals surface area contributed by atoms with Gasteiger partial charge in [0, 0.05) is 32.5 Å². The van der Waals surface area contributed by atoms with E-state index in [4.69, 9.17) is 4.74 Å². The Morgan fingerprint density at radius 2 is 2.45 bits per heavy atom. The van der Waals surface area contributed by atoms with Gasteiger partial charge in [-0.2, -0.15) is 5.10 Å². The van der Waals surface area contributed by atoms with Crippen LogP contribution in [0.3, 0.4) is 0 Å². The first-order valence-electron chi connectivity index (χ1n) is 6.86. The van der Waals surface area contributed by atoms with Crippen LogP contribution in [-0.4, -0.2) is 42.0 Å². The van der Waals surface area contributed by atoms with Gasteiger partial charge in [0.1, 0.15) is 0 Å². The topological polar surface area (TPSA) is 68.2 Å². The fourth-order valence-corrected chi connectivity index (χ4v) is 2.21. The lowest BCUT2D eigenvalue weighted by Gasteiger charge is -2.21. The van der Waals surface area contributed by atoms with E-state index in [0.29, 0.717) is 12.4 Å². The Kier molecular flexibility index (Phi) is 7.58. The molecule has 0 bridgehead atoms. The molecular weight excluding hydrogens is 280 g/mol. The highest BCUT2D eigenvalue weighted by Gasteiger charge is 2.20. The zero-order chi connectivity index (χ0) is 13.5. The normalized spacial score (nSPS) is 18.4. The standard InChI is InChI=1S/C13H22N4O2.ClH/c1-19-10-4-8-17-9-6-12(16-17)15-13(18)11-5-2-3-7-14-11;/h6,9,11,14H,2-5,7-8,10H2,1H3,(H,15,16,18);1H. The van der Waals surface area contributed by atoms with Gasteiger partial charge in [0.05, 0.1) is 6.04 Å². The van der Waals surface area contributed by atoms with Crippen LogP contribution in [0.15, 0.2) is 12.3 Å². The van der Waals surface area contributed by atoms with Gasteiger partial charge >= 0.3 is 0 Å². The van der Waals surface area contributed by atoms with Crippen LogP contribution in [0.25, 0.3) is 0 Å². The summed E-state index contributed by atoms with van der Waals surface area (Å²) in [4.78, 5) is 12.0. The maximum absolute atomic E-state index is 12.0. The average molecular weight is 303 g/mol. The van der Waals surface area contributed by atoms with Crippen molar-refractivity contribution in [1.29, 1.82) is 0 Å². The van der Waals surface area contributed by atoms with Crippen molar-refractivity contribution in [3.8, 4) is 0 Å². The first kappa shape index (κ1) is 16.9. The molecule has 114 valence electrons. The second kappa shape index (κ2) is 8.94. The van der Waals surface area contributed by atoms with Gasteiger partial charge in [-0.3, -0.25) is 9.48 Å². The van der Waals surface area contributed by atoms with Crippen molar-refractivity contribution in [2.45, 2.75) is 38.3 Å². The summed E-state index contributed by atoms with van der Waals surface area (Å²) in [6, 6.07) is 1.75. The van der Waals surface area contributed by atoms with Gasteiger partial charge in [-0.05, 0) is 25.8 Å². The van der Waals surface area contributed by atoms with E-state index >= 15 is 0 Å². The number of nitrogens with zero attached hydrogens (tertiary/aromatic N) is 2. The molecule has 1 amide bonds. The van der Waals surface area contributed by atoms with Gasteiger partial charge in [-0.15, -0.1) is 12.4 Å². The SMILES string of the molecule is COCCCn1ccc(NC(=O)C2CCCCN2)n1.Cl. The summed E-state index contributed by atoms with van der Waals surface area (Å²) in [5.74, 6) is 0.636. The van der Waals surface area contributed by atoms with Crippen LogP contribution >= 0.6 is 12.4 Å². The third-order valence-electron chi connectivity index (χ3n) is 3.25. The summed E-state index contributed by atoms with van der Waals surface area (Å²) in [6.07, 6.45) is 5.95. The summed E-state index contributed by atoms with van der Waals surface area (Å²) >= 11 is 0. The molecule has 0 aliphatic carbocycles. The molecule has 20 heavy (non-hydrogen) atoms.